The van der Waals surface area contributed by atoms with Crippen molar-refractivity contribution in [2.24, 2.45) is 29.1 Å². The fourth-order valence-corrected chi connectivity index (χ4v) is 3.03. The Kier molecular flexibility index (Phi) is 2.56. The number of hydrogen-bond donors (Lipinski definition) is 0. The molecule has 0 aliphatic heterocycles. The maximum Gasteiger partial charge on any atom is -0.0289 e. The second-order valence-corrected chi connectivity index (χ2v) is 5.47. The molecule has 0 aromatic heterocycles. The molecule has 0 radical (unpaired) electrons. The van der Waals surface area contributed by atoms with E-state index in [4.69, 9.17) is 0 Å². The van der Waals surface area contributed by atoms with Gasteiger partial charge in [-0.3, -0.25) is 0 Å². The van der Waals surface area contributed by atoms with Crippen LogP contribution in [0.15, 0.2) is 0 Å². The minimum absolute atomic E-state index is 0.637. The molecule has 0 saturated heterocycles. The summed E-state index contributed by atoms with van der Waals surface area (Å²) in [6, 6.07) is 0. The number of hydrogen-bond acceptors (Lipinski definition) is 0. The first-order valence-electron chi connectivity index (χ1n) is 5.42. The molecule has 72 valence electrons. The second-order valence-electron chi connectivity index (χ2n) is 5.47. The monoisotopic (exact) mass is 168 g/mol. The van der Waals surface area contributed by atoms with E-state index in [1.54, 1.807) is 0 Å². The molecule has 1 fully saturated rings. The summed E-state index contributed by atoms with van der Waals surface area (Å²) in [5.74, 6) is 3.74. The maximum absolute atomic E-state index is 2.44. The van der Waals surface area contributed by atoms with E-state index < -0.39 is 0 Å². The lowest BCUT2D eigenvalue weighted by atomic mass is 9.89. The first-order chi connectivity index (χ1) is 5.42. The normalized spacial score (nSPS) is 35.2. The maximum atomic E-state index is 2.44. The van der Waals surface area contributed by atoms with E-state index in [1.165, 1.54) is 6.42 Å². The van der Waals surface area contributed by atoms with Crippen LogP contribution in [0.1, 0.15) is 48.0 Å². The van der Waals surface area contributed by atoms with Crippen molar-refractivity contribution in [1.82, 2.24) is 0 Å². The topological polar surface area (TPSA) is 0 Å². The van der Waals surface area contributed by atoms with Crippen LogP contribution in [0.25, 0.3) is 0 Å². The molecule has 0 aromatic rings. The molecule has 1 saturated carbocycles. The average Bonchev–Trinajstić information content (AvgIpc) is 2.50. The van der Waals surface area contributed by atoms with E-state index in [1.807, 2.05) is 0 Å². The van der Waals surface area contributed by atoms with Gasteiger partial charge in [-0.2, -0.15) is 0 Å². The van der Waals surface area contributed by atoms with Crippen LogP contribution in [0.4, 0.5) is 0 Å². The lowest BCUT2D eigenvalue weighted by Crippen LogP contribution is -2.09. The Bertz CT molecular complexity index is 155. The van der Waals surface area contributed by atoms with Crippen LogP contribution in [0.5, 0.6) is 0 Å². The standard InChI is InChI=1S/C12H24/c1-7-10-11(12(10,5)6)9(4)8(2)3/h8-11H,7H2,1-6H3. The average molecular weight is 168 g/mol. The Morgan fingerprint density at radius 2 is 1.67 bits per heavy atom. The summed E-state index contributed by atoms with van der Waals surface area (Å²) in [5, 5.41) is 0. The molecular weight excluding hydrogens is 144 g/mol. The van der Waals surface area contributed by atoms with E-state index in [-0.39, 0.29) is 0 Å². The molecular formula is C12H24. The van der Waals surface area contributed by atoms with Gasteiger partial charge < -0.3 is 0 Å². The highest BCUT2D eigenvalue weighted by Crippen LogP contribution is 2.64. The van der Waals surface area contributed by atoms with Crippen molar-refractivity contribution in [1.29, 1.82) is 0 Å². The molecule has 0 nitrogen and oxygen atoms in total. The molecule has 3 atom stereocenters. The van der Waals surface area contributed by atoms with Gasteiger partial charge in [-0.05, 0) is 29.1 Å². The van der Waals surface area contributed by atoms with Crippen molar-refractivity contribution in [3.8, 4) is 0 Å². The van der Waals surface area contributed by atoms with Crippen molar-refractivity contribution in [2.45, 2.75) is 48.0 Å². The van der Waals surface area contributed by atoms with Crippen LogP contribution in [0.2, 0.25) is 0 Å². The van der Waals surface area contributed by atoms with Gasteiger partial charge in [0.1, 0.15) is 0 Å². The summed E-state index contributed by atoms with van der Waals surface area (Å²) in [7, 11) is 0. The summed E-state index contributed by atoms with van der Waals surface area (Å²) in [5.41, 5.74) is 0.637. The first kappa shape index (κ1) is 10.1. The zero-order valence-electron chi connectivity index (χ0n) is 9.52. The van der Waals surface area contributed by atoms with Gasteiger partial charge in [-0.15, -0.1) is 0 Å². The predicted octanol–water partition coefficient (Wildman–Crippen LogP) is 3.96. The van der Waals surface area contributed by atoms with Gasteiger partial charge in [0.15, 0.2) is 0 Å². The highest BCUT2D eigenvalue weighted by atomic mass is 14.6. The third-order valence-corrected chi connectivity index (χ3v) is 4.20. The largest absolute Gasteiger partial charge is 0.0651 e. The van der Waals surface area contributed by atoms with E-state index in [0.717, 1.165) is 23.7 Å². The van der Waals surface area contributed by atoms with Crippen LogP contribution in [-0.4, -0.2) is 0 Å². The Morgan fingerprint density at radius 3 is 1.92 bits per heavy atom. The Morgan fingerprint density at radius 1 is 1.17 bits per heavy atom. The minimum atomic E-state index is 0.637. The lowest BCUT2D eigenvalue weighted by molar-refractivity contribution is 0.325. The summed E-state index contributed by atoms with van der Waals surface area (Å²) >= 11 is 0. The highest BCUT2D eigenvalue weighted by Gasteiger charge is 2.58. The zero-order chi connectivity index (χ0) is 9.52. The van der Waals surface area contributed by atoms with Gasteiger partial charge in [0, 0.05) is 0 Å². The van der Waals surface area contributed by atoms with Crippen molar-refractivity contribution >= 4 is 0 Å². The van der Waals surface area contributed by atoms with Crippen molar-refractivity contribution < 1.29 is 0 Å². The fourth-order valence-electron chi connectivity index (χ4n) is 3.03. The van der Waals surface area contributed by atoms with E-state index in [0.29, 0.717) is 5.41 Å². The van der Waals surface area contributed by atoms with E-state index >= 15 is 0 Å². The van der Waals surface area contributed by atoms with Crippen LogP contribution < -0.4 is 0 Å². The first-order valence-corrected chi connectivity index (χ1v) is 5.42. The lowest BCUT2D eigenvalue weighted by Gasteiger charge is -2.16. The fraction of sp³-hybridized carbons (Fsp3) is 1.00. The van der Waals surface area contributed by atoms with Crippen molar-refractivity contribution in [2.75, 3.05) is 0 Å². The Labute approximate surface area is 77.7 Å². The number of rotatable bonds is 3. The van der Waals surface area contributed by atoms with Crippen LogP contribution in [0.3, 0.4) is 0 Å². The van der Waals surface area contributed by atoms with Crippen molar-refractivity contribution in [3.63, 3.8) is 0 Å². The van der Waals surface area contributed by atoms with Gasteiger partial charge in [-0.1, -0.05) is 48.0 Å². The molecule has 3 unspecified atom stereocenters. The summed E-state index contributed by atoms with van der Waals surface area (Å²) in [4.78, 5) is 0. The molecule has 1 rings (SSSR count). The molecule has 0 amide bonds. The Balaban J connectivity index is 2.57. The molecule has 0 bridgehead atoms. The second kappa shape index (κ2) is 3.05. The molecule has 0 aromatic carbocycles. The third-order valence-electron chi connectivity index (χ3n) is 4.20. The predicted molar refractivity (Wildman–Crippen MR) is 55.1 cm³/mol. The van der Waals surface area contributed by atoms with E-state index in [2.05, 4.69) is 41.5 Å². The van der Waals surface area contributed by atoms with E-state index in [9.17, 15) is 0 Å². The van der Waals surface area contributed by atoms with Crippen molar-refractivity contribution in [3.05, 3.63) is 0 Å². The highest BCUT2D eigenvalue weighted by molar-refractivity contribution is 5.06. The van der Waals surface area contributed by atoms with Gasteiger partial charge in [-0.25, -0.2) is 0 Å². The molecule has 12 heavy (non-hydrogen) atoms. The molecule has 0 heteroatoms. The molecule has 0 N–H and O–H groups in total. The molecule has 1 aliphatic carbocycles. The van der Waals surface area contributed by atoms with Gasteiger partial charge in [0.25, 0.3) is 0 Å². The van der Waals surface area contributed by atoms with Crippen LogP contribution in [-0.2, 0) is 0 Å². The summed E-state index contributed by atoms with van der Waals surface area (Å²) < 4.78 is 0. The molecule has 1 aliphatic rings. The smallest absolute Gasteiger partial charge is 0.0289 e. The van der Waals surface area contributed by atoms with Crippen LogP contribution >= 0.6 is 0 Å². The minimum Gasteiger partial charge on any atom is -0.0651 e. The van der Waals surface area contributed by atoms with Gasteiger partial charge >= 0.3 is 0 Å². The zero-order valence-corrected chi connectivity index (χ0v) is 9.52. The van der Waals surface area contributed by atoms with Gasteiger partial charge in [0.05, 0.1) is 0 Å². The molecule has 0 heterocycles. The quantitative estimate of drug-likeness (QED) is 0.598. The van der Waals surface area contributed by atoms with Gasteiger partial charge in [0.2, 0.25) is 0 Å². The van der Waals surface area contributed by atoms with Crippen LogP contribution in [0, 0.1) is 29.1 Å². The summed E-state index contributed by atoms with van der Waals surface area (Å²) in [6.07, 6.45) is 1.37. The third kappa shape index (κ3) is 1.41. The SMILES string of the molecule is CCC1C(C(C)C(C)C)C1(C)C. The Hall–Kier alpha value is 0. The molecule has 0 spiro atoms. The summed E-state index contributed by atoms with van der Waals surface area (Å²) in [6.45, 7) is 14.3.